The minimum atomic E-state index is -1.65. The molecule has 0 amide bonds. The zero-order chi connectivity index (χ0) is 10.3. The van der Waals surface area contributed by atoms with E-state index in [-0.39, 0.29) is 4.66 Å². The maximum absolute atomic E-state index is 6.65. The summed E-state index contributed by atoms with van der Waals surface area (Å²) < 4.78 is 0.252. The standard InChI is InChI=1S/C10H19ClSi2/c1-12(2,3)10(13(4,5)11)8-6-7-9-10/h6-9H,1-5H3. The zero-order valence-electron chi connectivity index (χ0n) is 9.19. The molecule has 13 heavy (non-hydrogen) atoms. The Bertz CT molecular complexity index is 225. The Morgan fingerprint density at radius 3 is 1.46 bits per heavy atom. The first-order chi connectivity index (χ1) is 5.71. The van der Waals surface area contributed by atoms with Gasteiger partial charge in [0.15, 0.2) is 7.38 Å². The highest BCUT2D eigenvalue weighted by Gasteiger charge is 2.51. The zero-order valence-corrected chi connectivity index (χ0v) is 11.9. The van der Waals surface area contributed by atoms with Gasteiger partial charge in [0.2, 0.25) is 0 Å². The predicted octanol–water partition coefficient (Wildman–Crippen LogP) is 4.17. The van der Waals surface area contributed by atoms with Crippen molar-refractivity contribution in [3.63, 3.8) is 0 Å². The van der Waals surface area contributed by atoms with Crippen molar-refractivity contribution in [3.8, 4) is 0 Å². The van der Waals surface area contributed by atoms with E-state index >= 15 is 0 Å². The monoisotopic (exact) mass is 230 g/mol. The van der Waals surface area contributed by atoms with Crippen molar-refractivity contribution < 1.29 is 0 Å². The van der Waals surface area contributed by atoms with E-state index in [0.29, 0.717) is 0 Å². The minimum absolute atomic E-state index is 0.252. The highest BCUT2D eigenvalue weighted by Crippen LogP contribution is 2.52. The number of hydrogen-bond acceptors (Lipinski definition) is 0. The molecule has 0 bridgehead atoms. The van der Waals surface area contributed by atoms with Gasteiger partial charge >= 0.3 is 0 Å². The molecule has 0 unspecified atom stereocenters. The van der Waals surface area contributed by atoms with Crippen molar-refractivity contribution in [1.82, 2.24) is 0 Å². The summed E-state index contributed by atoms with van der Waals surface area (Å²) in [5.41, 5.74) is 0. The maximum Gasteiger partial charge on any atom is 0.161 e. The molecule has 0 aromatic rings. The van der Waals surface area contributed by atoms with Crippen LogP contribution in [0.15, 0.2) is 24.3 Å². The summed E-state index contributed by atoms with van der Waals surface area (Å²) in [6, 6.07) is 0. The average molecular weight is 231 g/mol. The Labute approximate surface area is 88.4 Å². The fourth-order valence-corrected chi connectivity index (χ4v) is 14.5. The summed E-state index contributed by atoms with van der Waals surface area (Å²) in [6.45, 7) is 11.7. The summed E-state index contributed by atoms with van der Waals surface area (Å²) in [7, 11) is -2.90. The van der Waals surface area contributed by atoms with E-state index in [0.717, 1.165) is 0 Å². The van der Waals surface area contributed by atoms with Crippen LogP contribution in [-0.2, 0) is 0 Å². The third-order valence-electron chi connectivity index (χ3n) is 3.05. The van der Waals surface area contributed by atoms with Crippen LogP contribution in [-0.4, -0.2) is 15.5 Å². The van der Waals surface area contributed by atoms with E-state index in [1.807, 2.05) is 0 Å². The van der Waals surface area contributed by atoms with Crippen LogP contribution in [0.3, 0.4) is 0 Å². The second-order valence-electron chi connectivity index (χ2n) is 5.31. The molecule has 0 radical (unpaired) electrons. The van der Waals surface area contributed by atoms with Gasteiger partial charge in [-0.05, 0) is 0 Å². The highest BCUT2D eigenvalue weighted by atomic mass is 35.6. The van der Waals surface area contributed by atoms with E-state index in [1.165, 1.54) is 0 Å². The third kappa shape index (κ3) is 1.72. The molecular formula is C10H19ClSi2. The Morgan fingerprint density at radius 2 is 1.31 bits per heavy atom. The molecular weight excluding hydrogens is 212 g/mol. The molecule has 74 valence electrons. The molecule has 0 atom stereocenters. The maximum atomic E-state index is 6.65. The van der Waals surface area contributed by atoms with Crippen molar-refractivity contribution in [2.75, 3.05) is 0 Å². The first-order valence-electron chi connectivity index (χ1n) is 4.77. The minimum Gasteiger partial charge on any atom is -0.167 e. The molecule has 1 aliphatic carbocycles. The molecule has 1 aliphatic rings. The predicted molar refractivity (Wildman–Crippen MR) is 67.7 cm³/mol. The summed E-state index contributed by atoms with van der Waals surface area (Å²) >= 11 is 6.65. The van der Waals surface area contributed by atoms with E-state index in [9.17, 15) is 0 Å². The van der Waals surface area contributed by atoms with E-state index in [1.54, 1.807) is 0 Å². The largest absolute Gasteiger partial charge is 0.167 e. The van der Waals surface area contributed by atoms with Gasteiger partial charge in [0.05, 0.1) is 8.07 Å². The number of hydrogen-bond donors (Lipinski definition) is 0. The van der Waals surface area contributed by atoms with E-state index in [2.05, 4.69) is 57.0 Å². The number of rotatable bonds is 2. The molecule has 0 aliphatic heterocycles. The fourth-order valence-electron chi connectivity index (χ4n) is 2.26. The fraction of sp³-hybridized carbons (Fsp3) is 0.600. The van der Waals surface area contributed by atoms with Gasteiger partial charge in [-0.25, -0.2) is 0 Å². The smallest absolute Gasteiger partial charge is 0.161 e. The summed E-state index contributed by atoms with van der Waals surface area (Å²) in [5, 5.41) is 0. The molecule has 0 aromatic heterocycles. The molecule has 0 saturated carbocycles. The van der Waals surface area contributed by atoms with Crippen LogP contribution in [0, 0.1) is 0 Å². The molecule has 0 saturated heterocycles. The summed E-state index contributed by atoms with van der Waals surface area (Å²) in [5.74, 6) is 0. The van der Waals surface area contributed by atoms with Crippen LogP contribution in [0.2, 0.25) is 37.4 Å². The van der Waals surface area contributed by atoms with Crippen molar-refractivity contribution in [2.24, 2.45) is 0 Å². The average Bonchev–Trinajstić information content (AvgIpc) is 2.28. The molecule has 0 nitrogen and oxygen atoms in total. The van der Waals surface area contributed by atoms with Crippen molar-refractivity contribution in [3.05, 3.63) is 24.3 Å². The SMILES string of the molecule is C[Si](C)(C)C1([Si](C)(C)Cl)C=CC=C1. The molecule has 0 fully saturated rings. The number of halogens is 1. The van der Waals surface area contributed by atoms with Gasteiger partial charge in [-0.2, -0.15) is 11.1 Å². The van der Waals surface area contributed by atoms with Crippen LogP contribution in [0.5, 0.6) is 0 Å². The van der Waals surface area contributed by atoms with Crippen LogP contribution in [0.25, 0.3) is 0 Å². The van der Waals surface area contributed by atoms with Gasteiger partial charge in [0.1, 0.15) is 0 Å². The molecule has 0 N–H and O–H groups in total. The van der Waals surface area contributed by atoms with Crippen molar-refractivity contribution in [2.45, 2.75) is 37.4 Å². The third-order valence-corrected chi connectivity index (χ3v) is 13.7. The van der Waals surface area contributed by atoms with Crippen molar-refractivity contribution in [1.29, 1.82) is 0 Å². The van der Waals surface area contributed by atoms with Crippen molar-refractivity contribution >= 4 is 26.5 Å². The molecule has 0 spiro atoms. The van der Waals surface area contributed by atoms with Gasteiger partial charge in [-0.1, -0.05) is 57.0 Å². The normalized spacial score (nSPS) is 21.1. The highest BCUT2D eigenvalue weighted by molar-refractivity contribution is 7.26. The second-order valence-corrected chi connectivity index (χ2v) is 17.7. The summed E-state index contributed by atoms with van der Waals surface area (Å²) in [6.07, 6.45) is 9.02. The summed E-state index contributed by atoms with van der Waals surface area (Å²) in [4.78, 5) is 0. The first-order valence-corrected chi connectivity index (χ1v) is 12.3. The lowest BCUT2D eigenvalue weighted by atomic mass is 10.4. The lowest BCUT2D eigenvalue weighted by molar-refractivity contribution is 1.12. The Balaban J connectivity index is 3.19. The molecule has 1 rings (SSSR count). The Morgan fingerprint density at radius 1 is 0.923 bits per heavy atom. The van der Waals surface area contributed by atoms with Gasteiger partial charge in [0, 0.05) is 4.66 Å². The molecule has 0 aromatic carbocycles. The van der Waals surface area contributed by atoms with E-state index < -0.39 is 15.5 Å². The quantitative estimate of drug-likeness (QED) is 0.494. The van der Waals surface area contributed by atoms with Crippen LogP contribution >= 0.6 is 11.1 Å². The topological polar surface area (TPSA) is 0 Å². The van der Waals surface area contributed by atoms with Crippen LogP contribution in [0.4, 0.5) is 0 Å². The molecule has 3 heteroatoms. The van der Waals surface area contributed by atoms with Crippen LogP contribution in [0.1, 0.15) is 0 Å². The molecule has 0 heterocycles. The van der Waals surface area contributed by atoms with Gasteiger partial charge in [0.25, 0.3) is 0 Å². The second kappa shape index (κ2) is 3.11. The van der Waals surface area contributed by atoms with Gasteiger partial charge < -0.3 is 0 Å². The van der Waals surface area contributed by atoms with Gasteiger partial charge in [-0.15, -0.1) is 0 Å². The van der Waals surface area contributed by atoms with Gasteiger partial charge in [-0.3, -0.25) is 0 Å². The van der Waals surface area contributed by atoms with Crippen LogP contribution < -0.4 is 0 Å². The number of allylic oxidation sites excluding steroid dienone is 4. The lowest BCUT2D eigenvalue weighted by Crippen LogP contribution is -2.50. The Kier molecular flexibility index (Phi) is 2.70. The van der Waals surface area contributed by atoms with E-state index in [4.69, 9.17) is 11.1 Å². The first kappa shape index (κ1) is 11.3. The lowest BCUT2D eigenvalue weighted by Gasteiger charge is -2.44. The Hall–Kier alpha value is 0.204.